The van der Waals surface area contributed by atoms with E-state index >= 15 is 0 Å². The van der Waals surface area contributed by atoms with Crippen molar-refractivity contribution in [3.8, 4) is 0 Å². The third-order valence-corrected chi connectivity index (χ3v) is 4.17. The van der Waals surface area contributed by atoms with Crippen LogP contribution in [0, 0.1) is 5.82 Å². The molecule has 0 aliphatic rings. The average molecular weight is 350 g/mol. The Kier molecular flexibility index (Phi) is 4.84. The number of rotatable bonds is 3. The number of nitrogens with one attached hydrogen (secondary N) is 1. The van der Waals surface area contributed by atoms with Crippen molar-refractivity contribution in [2.24, 2.45) is 0 Å². The van der Waals surface area contributed by atoms with E-state index < -0.39 is 0 Å². The second kappa shape index (κ2) is 6.29. The lowest BCUT2D eigenvalue weighted by molar-refractivity contribution is 0.573. The summed E-state index contributed by atoms with van der Waals surface area (Å²) in [7, 11) is 1.85. The van der Waals surface area contributed by atoms with Gasteiger partial charge in [0.2, 0.25) is 0 Å². The molecule has 3 heteroatoms. The van der Waals surface area contributed by atoms with Gasteiger partial charge in [-0.2, -0.15) is 0 Å². The lowest BCUT2D eigenvalue weighted by Gasteiger charge is -2.22. The van der Waals surface area contributed by atoms with Crippen LogP contribution in [-0.2, 0) is 5.41 Å². The molecule has 0 saturated carbocycles. The van der Waals surface area contributed by atoms with Crippen LogP contribution in [0.15, 0.2) is 46.9 Å². The van der Waals surface area contributed by atoms with Gasteiger partial charge in [-0.1, -0.05) is 67.0 Å². The van der Waals surface area contributed by atoms with Crippen molar-refractivity contribution in [2.75, 3.05) is 7.05 Å². The topological polar surface area (TPSA) is 12.0 Å². The van der Waals surface area contributed by atoms with Crippen molar-refractivity contribution in [3.63, 3.8) is 0 Å². The molecule has 0 heterocycles. The maximum Gasteiger partial charge on any atom is 0.129 e. The lowest BCUT2D eigenvalue weighted by atomic mass is 9.86. The summed E-state index contributed by atoms with van der Waals surface area (Å²) in [6.45, 7) is 6.56. The number of hydrogen-bond donors (Lipinski definition) is 1. The van der Waals surface area contributed by atoms with Crippen LogP contribution in [0.1, 0.15) is 43.5 Å². The van der Waals surface area contributed by atoms with E-state index in [2.05, 4.69) is 66.3 Å². The van der Waals surface area contributed by atoms with E-state index in [1.807, 2.05) is 19.2 Å². The van der Waals surface area contributed by atoms with Gasteiger partial charge in [0.05, 0.1) is 6.04 Å². The molecule has 2 aromatic rings. The van der Waals surface area contributed by atoms with E-state index in [0.717, 1.165) is 10.0 Å². The molecule has 0 aromatic heterocycles. The van der Waals surface area contributed by atoms with Crippen molar-refractivity contribution < 1.29 is 4.39 Å². The minimum atomic E-state index is -0.205. The fourth-order valence-electron chi connectivity index (χ4n) is 2.41. The Morgan fingerprint density at radius 1 is 1.05 bits per heavy atom. The Labute approximate surface area is 134 Å². The summed E-state index contributed by atoms with van der Waals surface area (Å²) in [5.74, 6) is -0.205. The Morgan fingerprint density at radius 2 is 1.67 bits per heavy atom. The van der Waals surface area contributed by atoms with Crippen molar-refractivity contribution >= 4 is 15.9 Å². The second-order valence-corrected chi connectivity index (χ2v) is 7.18. The molecule has 0 radical (unpaired) electrons. The molecule has 1 N–H and O–H groups in total. The van der Waals surface area contributed by atoms with Crippen LogP contribution in [0.4, 0.5) is 4.39 Å². The number of hydrogen-bond acceptors (Lipinski definition) is 1. The highest BCUT2D eigenvalue weighted by Gasteiger charge is 2.18. The third-order valence-electron chi connectivity index (χ3n) is 3.67. The van der Waals surface area contributed by atoms with E-state index in [1.54, 1.807) is 0 Å². The maximum atomic E-state index is 14.2. The van der Waals surface area contributed by atoms with Gasteiger partial charge in [0.15, 0.2) is 0 Å². The fraction of sp³-hybridized carbons (Fsp3) is 0.333. The molecule has 2 rings (SSSR count). The monoisotopic (exact) mass is 349 g/mol. The van der Waals surface area contributed by atoms with Gasteiger partial charge in [-0.15, -0.1) is 0 Å². The predicted octanol–water partition coefficient (Wildman–Crippen LogP) is 5.19. The summed E-state index contributed by atoms with van der Waals surface area (Å²) in [5.41, 5.74) is 3.12. The molecule has 0 amide bonds. The molecule has 21 heavy (non-hydrogen) atoms. The van der Waals surface area contributed by atoms with Crippen LogP contribution in [0.3, 0.4) is 0 Å². The van der Waals surface area contributed by atoms with Gasteiger partial charge in [0.25, 0.3) is 0 Å². The zero-order valence-corrected chi connectivity index (χ0v) is 14.5. The zero-order valence-electron chi connectivity index (χ0n) is 12.9. The molecule has 0 aliphatic heterocycles. The first kappa shape index (κ1) is 16.2. The highest BCUT2D eigenvalue weighted by Crippen LogP contribution is 2.28. The second-order valence-electron chi connectivity index (χ2n) is 6.26. The maximum absolute atomic E-state index is 14.2. The van der Waals surface area contributed by atoms with Gasteiger partial charge in [-0.3, -0.25) is 0 Å². The number of halogens is 2. The third kappa shape index (κ3) is 3.72. The van der Waals surface area contributed by atoms with Gasteiger partial charge in [-0.05, 0) is 35.7 Å². The van der Waals surface area contributed by atoms with E-state index in [0.29, 0.717) is 5.56 Å². The van der Waals surface area contributed by atoms with Crippen LogP contribution >= 0.6 is 15.9 Å². The molecule has 2 aromatic carbocycles. The first-order valence-electron chi connectivity index (χ1n) is 7.05. The summed E-state index contributed by atoms with van der Waals surface area (Å²) < 4.78 is 14.9. The van der Waals surface area contributed by atoms with Crippen LogP contribution in [0.5, 0.6) is 0 Å². The molecule has 1 nitrogen and oxygen atoms in total. The van der Waals surface area contributed by atoms with Crippen LogP contribution in [0.25, 0.3) is 0 Å². The Hall–Kier alpha value is -1.19. The minimum Gasteiger partial charge on any atom is -0.309 e. The minimum absolute atomic E-state index is 0.122. The van der Waals surface area contributed by atoms with E-state index in [4.69, 9.17) is 0 Å². The van der Waals surface area contributed by atoms with Crippen molar-refractivity contribution in [1.29, 1.82) is 0 Å². The highest BCUT2D eigenvalue weighted by molar-refractivity contribution is 9.10. The van der Waals surface area contributed by atoms with Gasteiger partial charge in [0.1, 0.15) is 5.82 Å². The normalized spacial score (nSPS) is 13.2. The first-order chi connectivity index (χ1) is 9.82. The molecule has 1 unspecified atom stereocenters. The van der Waals surface area contributed by atoms with E-state index in [9.17, 15) is 4.39 Å². The lowest BCUT2D eigenvalue weighted by Crippen LogP contribution is -2.19. The van der Waals surface area contributed by atoms with Crippen molar-refractivity contribution in [3.05, 3.63) is 69.4 Å². The molecule has 0 saturated heterocycles. The van der Waals surface area contributed by atoms with Gasteiger partial charge >= 0.3 is 0 Å². The van der Waals surface area contributed by atoms with Crippen molar-refractivity contribution in [2.45, 2.75) is 32.2 Å². The molecule has 0 bridgehead atoms. The Balaban J connectivity index is 2.37. The zero-order chi connectivity index (χ0) is 15.6. The summed E-state index contributed by atoms with van der Waals surface area (Å²) in [6, 6.07) is 13.4. The molecular weight excluding hydrogens is 329 g/mol. The van der Waals surface area contributed by atoms with E-state index in [-0.39, 0.29) is 17.3 Å². The molecule has 0 spiro atoms. The molecular formula is C18H21BrFN. The average Bonchev–Trinajstić information content (AvgIpc) is 2.41. The predicted molar refractivity (Wildman–Crippen MR) is 90.1 cm³/mol. The number of benzene rings is 2. The molecule has 112 valence electrons. The largest absolute Gasteiger partial charge is 0.309 e. The van der Waals surface area contributed by atoms with Gasteiger partial charge in [0, 0.05) is 10.0 Å². The molecule has 0 fully saturated rings. The first-order valence-corrected chi connectivity index (χ1v) is 7.85. The Morgan fingerprint density at radius 3 is 2.14 bits per heavy atom. The van der Waals surface area contributed by atoms with Crippen LogP contribution < -0.4 is 5.32 Å². The molecule has 1 atom stereocenters. The highest BCUT2D eigenvalue weighted by atomic mass is 79.9. The van der Waals surface area contributed by atoms with Crippen LogP contribution in [0.2, 0.25) is 0 Å². The van der Waals surface area contributed by atoms with Gasteiger partial charge in [-0.25, -0.2) is 4.39 Å². The standard InChI is InChI=1S/C18H21BrFN/c1-18(2,3)13-7-5-12(6-8-13)17(21-4)15-10-9-14(19)11-16(15)20/h5-11,17,21H,1-4H3. The SMILES string of the molecule is CNC(c1ccc(C(C)(C)C)cc1)c1ccc(Br)cc1F. The summed E-state index contributed by atoms with van der Waals surface area (Å²) in [4.78, 5) is 0. The smallest absolute Gasteiger partial charge is 0.129 e. The Bertz CT molecular complexity index is 614. The fourth-order valence-corrected chi connectivity index (χ4v) is 2.75. The summed E-state index contributed by atoms with van der Waals surface area (Å²) >= 11 is 3.29. The summed E-state index contributed by atoms with van der Waals surface area (Å²) in [5, 5.41) is 3.20. The van der Waals surface area contributed by atoms with Crippen molar-refractivity contribution in [1.82, 2.24) is 5.32 Å². The van der Waals surface area contributed by atoms with Gasteiger partial charge < -0.3 is 5.32 Å². The molecule has 0 aliphatic carbocycles. The van der Waals surface area contributed by atoms with E-state index in [1.165, 1.54) is 11.6 Å². The summed E-state index contributed by atoms with van der Waals surface area (Å²) in [6.07, 6.45) is 0. The van der Waals surface area contributed by atoms with Crippen LogP contribution in [-0.4, -0.2) is 7.05 Å². The quantitative estimate of drug-likeness (QED) is 0.803.